The van der Waals surface area contributed by atoms with Gasteiger partial charge in [-0.1, -0.05) is 17.7 Å². The van der Waals surface area contributed by atoms with E-state index >= 15 is 0 Å². The molecule has 0 unspecified atom stereocenters. The quantitative estimate of drug-likeness (QED) is 0.542. The largest absolute Gasteiger partial charge is 0.439 e. The van der Waals surface area contributed by atoms with Crippen LogP contribution in [-0.4, -0.2) is 50.3 Å². The predicted octanol–water partition coefficient (Wildman–Crippen LogP) is 4.62. The number of rotatable bonds is 4. The number of ether oxygens (including phenoxy) is 1. The van der Waals surface area contributed by atoms with Crippen LogP contribution >= 0.6 is 22.9 Å². The summed E-state index contributed by atoms with van der Waals surface area (Å²) in [5.41, 5.74) is 1.11. The van der Waals surface area contributed by atoms with Crippen molar-refractivity contribution < 1.29 is 22.7 Å². The molecule has 2 aromatic heterocycles. The zero-order chi connectivity index (χ0) is 24.3. The van der Waals surface area contributed by atoms with Crippen molar-refractivity contribution in [3.8, 4) is 0 Å². The fourth-order valence-corrected chi connectivity index (χ4v) is 5.63. The molecule has 2 saturated heterocycles. The van der Waals surface area contributed by atoms with Gasteiger partial charge in [-0.2, -0.15) is 13.9 Å². The lowest BCUT2D eigenvalue weighted by atomic mass is 9.91. The maximum Gasteiger partial charge on any atom is 0.407 e. The zero-order valence-electron chi connectivity index (χ0n) is 17.8. The molecular formula is C22H16ClF3N6O2S. The highest BCUT2D eigenvalue weighted by Crippen LogP contribution is 2.49. The van der Waals surface area contributed by atoms with Crippen LogP contribution in [0.3, 0.4) is 0 Å². The van der Waals surface area contributed by atoms with Gasteiger partial charge in [0.1, 0.15) is 11.9 Å². The lowest BCUT2D eigenvalue weighted by molar-refractivity contribution is 0.0564. The van der Waals surface area contributed by atoms with Gasteiger partial charge in [0, 0.05) is 46.1 Å². The molecule has 13 heteroatoms. The summed E-state index contributed by atoms with van der Waals surface area (Å²) in [6.45, 7) is -2.26. The summed E-state index contributed by atoms with van der Waals surface area (Å²) < 4.78 is 46.9. The normalized spacial score (nSPS) is 23.7. The zero-order valence-corrected chi connectivity index (χ0v) is 19.4. The number of fused-ring (bicyclic) bond motifs is 1. The second kappa shape index (κ2) is 8.09. The first-order chi connectivity index (χ1) is 16.8. The van der Waals surface area contributed by atoms with Crippen molar-refractivity contribution in [2.24, 2.45) is 4.99 Å². The van der Waals surface area contributed by atoms with Crippen molar-refractivity contribution in [1.29, 1.82) is 0 Å². The molecule has 1 spiro atoms. The third-order valence-electron chi connectivity index (χ3n) is 6.18. The van der Waals surface area contributed by atoms with Crippen molar-refractivity contribution in [3.05, 3.63) is 74.8 Å². The van der Waals surface area contributed by atoms with Crippen molar-refractivity contribution >= 4 is 40.4 Å². The number of hydrogen-bond acceptors (Lipinski definition) is 7. The minimum absolute atomic E-state index is 0.138. The van der Waals surface area contributed by atoms with Gasteiger partial charge in [-0.05, 0) is 18.2 Å². The third kappa shape index (κ3) is 3.67. The minimum atomic E-state index is -2.83. The van der Waals surface area contributed by atoms with E-state index < -0.39 is 30.1 Å². The van der Waals surface area contributed by atoms with Gasteiger partial charge in [0.15, 0.2) is 16.4 Å². The number of amides is 1. The summed E-state index contributed by atoms with van der Waals surface area (Å²) in [6.07, 6.45) is 2.60. The van der Waals surface area contributed by atoms with Gasteiger partial charge in [-0.15, -0.1) is 11.3 Å². The molecule has 0 radical (unpaired) electrons. The smallest absolute Gasteiger partial charge is 0.407 e. The Morgan fingerprint density at radius 1 is 1.31 bits per heavy atom. The van der Waals surface area contributed by atoms with E-state index in [-0.39, 0.29) is 17.3 Å². The Bertz CT molecular complexity index is 1390. The molecule has 8 nitrogen and oxygen atoms in total. The van der Waals surface area contributed by atoms with Gasteiger partial charge in [-0.3, -0.25) is 4.99 Å². The van der Waals surface area contributed by atoms with Crippen LogP contribution in [0.25, 0.3) is 5.57 Å². The van der Waals surface area contributed by atoms with Crippen LogP contribution in [0.4, 0.5) is 18.0 Å². The van der Waals surface area contributed by atoms with Crippen LogP contribution in [0.15, 0.2) is 52.7 Å². The first-order valence-electron chi connectivity index (χ1n) is 10.6. The van der Waals surface area contributed by atoms with Gasteiger partial charge in [-0.25, -0.2) is 18.9 Å². The standard InChI is InChI=1S/C22H16ClF3N6O2S/c23-13-7-11(24)1-2-12(13)17-16(14-3-5-32(30-14)20(25)26)15-8-22(9-28-21(33)34-22)10-31(15)18(29-17)19-27-4-6-35-19/h1-7,17,20H,8-10H2,(H,28,33)/t17-,22+/m0/s1. The van der Waals surface area contributed by atoms with E-state index in [9.17, 15) is 18.0 Å². The van der Waals surface area contributed by atoms with Gasteiger partial charge in [0.2, 0.25) is 0 Å². The Labute approximate surface area is 205 Å². The van der Waals surface area contributed by atoms with Gasteiger partial charge < -0.3 is 15.0 Å². The summed E-state index contributed by atoms with van der Waals surface area (Å²) in [5, 5.41) is 9.36. The summed E-state index contributed by atoms with van der Waals surface area (Å²) >= 11 is 7.82. The molecule has 1 amide bonds. The number of aliphatic imine (C=N–C) groups is 1. The van der Waals surface area contributed by atoms with E-state index in [2.05, 4.69) is 15.4 Å². The van der Waals surface area contributed by atoms with Crippen LogP contribution in [0.2, 0.25) is 5.02 Å². The maximum atomic E-state index is 13.9. The van der Waals surface area contributed by atoms with Crippen molar-refractivity contribution in [1.82, 2.24) is 25.0 Å². The minimum Gasteiger partial charge on any atom is -0.439 e. The Hall–Kier alpha value is -3.38. The number of aromatic nitrogens is 3. The summed E-state index contributed by atoms with van der Waals surface area (Å²) in [5.74, 6) is 0.0116. The lowest BCUT2D eigenvalue weighted by Gasteiger charge is -2.32. The first-order valence-corrected chi connectivity index (χ1v) is 11.8. The molecule has 5 heterocycles. The van der Waals surface area contributed by atoms with Crippen molar-refractivity contribution in [3.63, 3.8) is 0 Å². The number of halogens is 4. The summed E-state index contributed by atoms with van der Waals surface area (Å²) in [7, 11) is 0. The van der Waals surface area contributed by atoms with E-state index in [0.29, 0.717) is 45.3 Å². The first kappa shape index (κ1) is 22.1. The van der Waals surface area contributed by atoms with Gasteiger partial charge in [0.05, 0.1) is 18.8 Å². The van der Waals surface area contributed by atoms with Gasteiger partial charge >= 0.3 is 12.6 Å². The average molecular weight is 521 g/mol. The number of carbonyl (C=O) groups excluding carboxylic acids is 1. The Kier molecular flexibility index (Phi) is 5.11. The van der Waals surface area contributed by atoms with Crippen LogP contribution in [0.5, 0.6) is 0 Å². The molecule has 2 fully saturated rings. The van der Waals surface area contributed by atoms with E-state index in [1.165, 1.54) is 41.8 Å². The van der Waals surface area contributed by atoms with Crippen LogP contribution in [-0.2, 0) is 4.74 Å². The number of alkyl halides is 2. The number of amidine groups is 1. The van der Waals surface area contributed by atoms with Crippen molar-refractivity contribution in [2.45, 2.75) is 24.6 Å². The fraction of sp³-hybridized carbons (Fsp3) is 0.273. The SMILES string of the molecule is O=C1NC[C@@]2(CC3=C(c4ccn(C(F)F)n4)[C@H](c4ccc(F)cc4Cl)N=C(c4nccs4)N3C2)O1. The molecule has 3 aliphatic rings. The highest BCUT2D eigenvalue weighted by molar-refractivity contribution is 7.11. The number of benzene rings is 1. The monoisotopic (exact) mass is 520 g/mol. The molecule has 0 aliphatic carbocycles. The second-order valence-electron chi connectivity index (χ2n) is 8.37. The summed E-state index contributed by atoms with van der Waals surface area (Å²) in [6, 6.07) is 4.67. The van der Waals surface area contributed by atoms with E-state index in [1.807, 2.05) is 10.3 Å². The van der Waals surface area contributed by atoms with E-state index in [1.54, 1.807) is 6.20 Å². The lowest BCUT2D eigenvalue weighted by Crippen LogP contribution is -2.40. The Morgan fingerprint density at radius 2 is 2.17 bits per heavy atom. The molecular weight excluding hydrogens is 505 g/mol. The number of nitrogens with one attached hydrogen (secondary N) is 1. The number of alkyl carbamates (subject to hydrolysis) is 1. The molecule has 1 N–H and O–H groups in total. The molecule has 3 aliphatic heterocycles. The van der Waals surface area contributed by atoms with Crippen LogP contribution in [0, 0.1) is 5.82 Å². The number of carbonyl (C=O) groups is 1. The molecule has 0 saturated carbocycles. The third-order valence-corrected chi connectivity index (χ3v) is 7.28. The molecule has 180 valence electrons. The number of hydrogen-bond donors (Lipinski definition) is 1. The molecule has 2 atom stereocenters. The number of thiazole rings is 1. The summed E-state index contributed by atoms with van der Waals surface area (Å²) in [4.78, 5) is 23.2. The van der Waals surface area contributed by atoms with Crippen LogP contribution < -0.4 is 5.32 Å². The molecule has 3 aromatic rings. The number of nitrogens with zero attached hydrogens (tertiary/aromatic N) is 5. The Morgan fingerprint density at radius 3 is 2.83 bits per heavy atom. The van der Waals surface area contributed by atoms with E-state index in [0.717, 1.165) is 0 Å². The molecule has 0 bridgehead atoms. The maximum absolute atomic E-state index is 13.9. The van der Waals surface area contributed by atoms with Crippen molar-refractivity contribution in [2.75, 3.05) is 13.1 Å². The highest BCUT2D eigenvalue weighted by atomic mass is 35.5. The Balaban J connectivity index is 1.58. The molecule has 6 rings (SSSR count). The second-order valence-corrected chi connectivity index (χ2v) is 9.67. The fourth-order valence-electron chi connectivity index (χ4n) is 4.72. The van der Waals surface area contributed by atoms with Crippen LogP contribution in [0.1, 0.15) is 35.3 Å². The molecule has 1 aromatic carbocycles. The predicted molar refractivity (Wildman–Crippen MR) is 122 cm³/mol. The van der Waals surface area contributed by atoms with E-state index in [4.69, 9.17) is 21.3 Å². The average Bonchev–Trinajstić information content (AvgIpc) is 3.60. The van der Waals surface area contributed by atoms with Gasteiger partial charge in [0.25, 0.3) is 0 Å². The highest BCUT2D eigenvalue weighted by Gasteiger charge is 2.52. The topological polar surface area (TPSA) is 84.6 Å². The molecule has 35 heavy (non-hydrogen) atoms.